The normalized spacial score (nSPS) is 15.4. The predicted octanol–water partition coefficient (Wildman–Crippen LogP) is 3.50. The summed E-state index contributed by atoms with van der Waals surface area (Å²) >= 11 is 0. The molecule has 3 nitrogen and oxygen atoms in total. The standard InChI is InChI=1S/C18H27NO2/c1-13(2)11-12-19-18(20)14(3)21-17-10-6-8-15-7-4-5-9-16(15)17/h6,8,10,13-14H,4-5,7,9,11-12H2,1-3H3,(H,19,20)/t14-/m1/s1. The van der Waals surface area contributed by atoms with Crippen LogP contribution in [0.3, 0.4) is 0 Å². The molecule has 1 aromatic carbocycles. The third-order valence-corrected chi connectivity index (χ3v) is 4.05. The summed E-state index contributed by atoms with van der Waals surface area (Å²) in [6.45, 7) is 6.86. The molecule has 0 aliphatic heterocycles. The van der Waals surface area contributed by atoms with E-state index in [0.29, 0.717) is 5.92 Å². The lowest BCUT2D eigenvalue weighted by atomic mass is 9.91. The zero-order valence-electron chi connectivity index (χ0n) is 13.4. The van der Waals surface area contributed by atoms with Gasteiger partial charge in [0, 0.05) is 6.54 Å². The van der Waals surface area contributed by atoms with Crippen molar-refractivity contribution in [3.63, 3.8) is 0 Å². The number of carbonyl (C=O) groups excluding carboxylic acids is 1. The molecule has 2 rings (SSSR count). The van der Waals surface area contributed by atoms with Crippen LogP contribution in [0.4, 0.5) is 0 Å². The molecule has 0 saturated heterocycles. The molecule has 0 saturated carbocycles. The Morgan fingerprint density at radius 3 is 2.76 bits per heavy atom. The molecule has 0 radical (unpaired) electrons. The summed E-state index contributed by atoms with van der Waals surface area (Å²) in [6, 6.07) is 6.19. The second-order valence-electron chi connectivity index (χ2n) is 6.33. The molecule has 3 heteroatoms. The summed E-state index contributed by atoms with van der Waals surface area (Å²) in [6.07, 6.45) is 5.21. The number of carbonyl (C=O) groups is 1. The summed E-state index contributed by atoms with van der Waals surface area (Å²) in [7, 11) is 0. The molecule has 116 valence electrons. The van der Waals surface area contributed by atoms with Crippen molar-refractivity contribution in [2.75, 3.05) is 6.54 Å². The van der Waals surface area contributed by atoms with Gasteiger partial charge in [-0.05, 0) is 62.1 Å². The van der Waals surface area contributed by atoms with Crippen LogP contribution in [0.2, 0.25) is 0 Å². The fraction of sp³-hybridized carbons (Fsp3) is 0.611. The minimum absolute atomic E-state index is 0.0240. The monoisotopic (exact) mass is 289 g/mol. The highest BCUT2D eigenvalue weighted by molar-refractivity contribution is 5.80. The van der Waals surface area contributed by atoms with Gasteiger partial charge in [0.15, 0.2) is 6.10 Å². The number of hydrogen-bond acceptors (Lipinski definition) is 2. The molecule has 1 aliphatic rings. The second kappa shape index (κ2) is 7.48. The molecule has 1 N–H and O–H groups in total. The molecule has 0 aromatic heterocycles. The highest BCUT2D eigenvalue weighted by Gasteiger charge is 2.19. The number of fused-ring (bicyclic) bond motifs is 1. The molecule has 0 spiro atoms. The van der Waals surface area contributed by atoms with Crippen molar-refractivity contribution in [1.29, 1.82) is 0 Å². The van der Waals surface area contributed by atoms with Crippen LogP contribution in [-0.4, -0.2) is 18.6 Å². The smallest absolute Gasteiger partial charge is 0.260 e. The van der Waals surface area contributed by atoms with Gasteiger partial charge in [-0.25, -0.2) is 0 Å². The van der Waals surface area contributed by atoms with Crippen LogP contribution in [0.25, 0.3) is 0 Å². The quantitative estimate of drug-likeness (QED) is 0.870. The molecule has 1 amide bonds. The average Bonchev–Trinajstić information content (AvgIpc) is 2.47. The molecule has 1 atom stereocenters. The minimum Gasteiger partial charge on any atom is -0.481 e. The number of benzene rings is 1. The molecule has 1 aromatic rings. The summed E-state index contributed by atoms with van der Waals surface area (Å²) in [5, 5.41) is 2.95. The van der Waals surface area contributed by atoms with Crippen LogP contribution in [0.5, 0.6) is 5.75 Å². The first-order chi connectivity index (χ1) is 10.1. The van der Waals surface area contributed by atoms with Gasteiger partial charge in [-0.3, -0.25) is 4.79 Å². The van der Waals surface area contributed by atoms with E-state index < -0.39 is 6.10 Å². The van der Waals surface area contributed by atoms with E-state index in [1.165, 1.54) is 24.0 Å². The largest absolute Gasteiger partial charge is 0.481 e. The Hall–Kier alpha value is -1.51. The van der Waals surface area contributed by atoms with Gasteiger partial charge in [0.25, 0.3) is 5.91 Å². The lowest BCUT2D eigenvalue weighted by molar-refractivity contribution is -0.127. The number of ether oxygens (including phenoxy) is 1. The van der Waals surface area contributed by atoms with Crippen molar-refractivity contribution in [2.45, 2.75) is 59.0 Å². The molecule has 0 heterocycles. The van der Waals surface area contributed by atoms with Crippen LogP contribution in [0.1, 0.15) is 51.2 Å². The Balaban J connectivity index is 1.93. The van der Waals surface area contributed by atoms with Gasteiger partial charge in [0.05, 0.1) is 0 Å². The highest BCUT2D eigenvalue weighted by atomic mass is 16.5. The lowest BCUT2D eigenvalue weighted by Gasteiger charge is -2.22. The Kier molecular flexibility index (Phi) is 5.66. The third kappa shape index (κ3) is 4.48. The summed E-state index contributed by atoms with van der Waals surface area (Å²) in [5.41, 5.74) is 2.68. The maximum atomic E-state index is 12.1. The molecular formula is C18H27NO2. The second-order valence-corrected chi connectivity index (χ2v) is 6.33. The van der Waals surface area contributed by atoms with Crippen molar-refractivity contribution in [2.24, 2.45) is 5.92 Å². The van der Waals surface area contributed by atoms with Crippen LogP contribution >= 0.6 is 0 Å². The van der Waals surface area contributed by atoms with Crippen molar-refractivity contribution in [1.82, 2.24) is 5.32 Å². The number of nitrogens with one attached hydrogen (secondary N) is 1. The van der Waals surface area contributed by atoms with Gasteiger partial charge in [0.2, 0.25) is 0 Å². The van der Waals surface area contributed by atoms with E-state index in [9.17, 15) is 4.79 Å². The minimum atomic E-state index is -0.439. The summed E-state index contributed by atoms with van der Waals surface area (Å²) in [5.74, 6) is 1.46. The molecule has 1 aliphatic carbocycles. The van der Waals surface area contributed by atoms with Gasteiger partial charge in [-0.15, -0.1) is 0 Å². The van der Waals surface area contributed by atoms with Crippen LogP contribution < -0.4 is 10.1 Å². The first kappa shape index (κ1) is 15.9. The van der Waals surface area contributed by atoms with Crippen LogP contribution in [-0.2, 0) is 17.6 Å². The fourth-order valence-electron chi connectivity index (χ4n) is 2.73. The average molecular weight is 289 g/mol. The summed E-state index contributed by atoms with van der Waals surface area (Å²) in [4.78, 5) is 12.1. The van der Waals surface area contributed by atoms with Crippen molar-refractivity contribution < 1.29 is 9.53 Å². The Morgan fingerprint density at radius 1 is 1.24 bits per heavy atom. The number of hydrogen-bond donors (Lipinski definition) is 1. The number of aryl methyl sites for hydroxylation is 1. The van der Waals surface area contributed by atoms with E-state index in [0.717, 1.165) is 31.6 Å². The van der Waals surface area contributed by atoms with E-state index in [1.54, 1.807) is 0 Å². The first-order valence-electron chi connectivity index (χ1n) is 8.13. The molecule has 21 heavy (non-hydrogen) atoms. The van der Waals surface area contributed by atoms with E-state index in [2.05, 4.69) is 25.2 Å². The zero-order chi connectivity index (χ0) is 15.2. The van der Waals surface area contributed by atoms with E-state index >= 15 is 0 Å². The lowest BCUT2D eigenvalue weighted by Crippen LogP contribution is -2.37. The topological polar surface area (TPSA) is 38.3 Å². The SMILES string of the molecule is CC(C)CCNC(=O)[C@@H](C)Oc1cccc2c1CCCC2. The van der Waals surface area contributed by atoms with Gasteiger partial charge >= 0.3 is 0 Å². The molecule has 0 bridgehead atoms. The molecule has 0 fully saturated rings. The number of rotatable bonds is 6. The van der Waals surface area contributed by atoms with Crippen LogP contribution in [0.15, 0.2) is 18.2 Å². The van der Waals surface area contributed by atoms with Crippen LogP contribution in [0, 0.1) is 5.92 Å². The maximum Gasteiger partial charge on any atom is 0.260 e. The fourth-order valence-corrected chi connectivity index (χ4v) is 2.73. The summed E-state index contributed by atoms with van der Waals surface area (Å²) < 4.78 is 5.92. The highest BCUT2D eigenvalue weighted by Crippen LogP contribution is 2.30. The van der Waals surface area contributed by atoms with E-state index in [-0.39, 0.29) is 5.91 Å². The van der Waals surface area contributed by atoms with Gasteiger partial charge in [-0.1, -0.05) is 26.0 Å². The number of amides is 1. The van der Waals surface area contributed by atoms with Crippen molar-refractivity contribution >= 4 is 5.91 Å². The predicted molar refractivity (Wildman–Crippen MR) is 85.6 cm³/mol. The van der Waals surface area contributed by atoms with Gasteiger partial charge in [-0.2, -0.15) is 0 Å². The third-order valence-electron chi connectivity index (χ3n) is 4.05. The zero-order valence-corrected chi connectivity index (χ0v) is 13.4. The van der Waals surface area contributed by atoms with Gasteiger partial charge < -0.3 is 10.1 Å². The van der Waals surface area contributed by atoms with Gasteiger partial charge in [0.1, 0.15) is 5.75 Å². The Morgan fingerprint density at radius 2 is 2.00 bits per heavy atom. The first-order valence-corrected chi connectivity index (χ1v) is 8.13. The van der Waals surface area contributed by atoms with Crippen molar-refractivity contribution in [3.8, 4) is 5.75 Å². The Bertz CT molecular complexity index is 482. The van der Waals surface area contributed by atoms with E-state index in [4.69, 9.17) is 4.74 Å². The Labute approximate surface area is 128 Å². The van der Waals surface area contributed by atoms with Crippen molar-refractivity contribution in [3.05, 3.63) is 29.3 Å². The molecular weight excluding hydrogens is 262 g/mol. The molecule has 0 unspecified atom stereocenters. The van der Waals surface area contributed by atoms with E-state index in [1.807, 2.05) is 19.1 Å². The maximum absolute atomic E-state index is 12.1.